The zero-order chi connectivity index (χ0) is 5.98. The number of cyclic esters (lactones) is 1. The molecule has 1 aliphatic rings. The van der Waals surface area contributed by atoms with Gasteiger partial charge >= 0.3 is 5.97 Å². The minimum absolute atomic E-state index is 0.0556. The van der Waals surface area contributed by atoms with Crippen LogP contribution in [0.5, 0.6) is 0 Å². The van der Waals surface area contributed by atoms with E-state index >= 15 is 0 Å². The molecule has 0 radical (unpaired) electrons. The lowest BCUT2D eigenvalue weighted by atomic mass is 10.2. The molecule has 1 unspecified atom stereocenters. The van der Waals surface area contributed by atoms with E-state index in [-0.39, 0.29) is 13.0 Å². The third-order valence-electron chi connectivity index (χ3n) is 1.08. The summed E-state index contributed by atoms with van der Waals surface area (Å²) in [5.74, 6) is -0.413. The van der Waals surface area contributed by atoms with Crippen LogP contribution in [0.25, 0.3) is 0 Å². The highest BCUT2D eigenvalue weighted by Gasteiger charge is 2.18. The lowest BCUT2D eigenvalue weighted by Gasteiger charge is -2.13. The Bertz CT molecular complexity index is 103. The highest BCUT2D eigenvalue weighted by atomic mass is 19.1. The first kappa shape index (κ1) is 5.54. The predicted octanol–water partition coefficient (Wildman–Crippen LogP) is 0.661. The Morgan fingerprint density at radius 3 is 2.88 bits per heavy atom. The van der Waals surface area contributed by atoms with Crippen molar-refractivity contribution in [2.75, 3.05) is 6.61 Å². The Labute approximate surface area is 46.6 Å². The summed E-state index contributed by atoms with van der Waals surface area (Å²) in [7, 11) is 0. The molecule has 0 aromatic heterocycles. The van der Waals surface area contributed by atoms with Gasteiger partial charge in [0.15, 0.2) is 0 Å². The molecule has 8 heavy (non-hydrogen) atoms. The monoisotopic (exact) mass is 118 g/mol. The average molecular weight is 118 g/mol. The third-order valence-corrected chi connectivity index (χ3v) is 1.08. The van der Waals surface area contributed by atoms with Crippen LogP contribution in [-0.2, 0) is 9.53 Å². The summed E-state index contributed by atoms with van der Waals surface area (Å²) in [5.41, 5.74) is 0. The van der Waals surface area contributed by atoms with Crippen LogP contribution in [0.15, 0.2) is 0 Å². The topological polar surface area (TPSA) is 26.3 Å². The smallest absolute Gasteiger partial charge is 0.308 e. The summed E-state index contributed by atoms with van der Waals surface area (Å²) in [6, 6.07) is 0. The van der Waals surface area contributed by atoms with Gasteiger partial charge in [0.1, 0.15) is 6.17 Å². The van der Waals surface area contributed by atoms with Crippen molar-refractivity contribution in [1.29, 1.82) is 0 Å². The summed E-state index contributed by atoms with van der Waals surface area (Å²) in [4.78, 5) is 10.2. The van der Waals surface area contributed by atoms with E-state index in [1.807, 2.05) is 0 Å². The molecular formula is C5H7FO2. The molecule has 1 saturated heterocycles. The van der Waals surface area contributed by atoms with Crippen molar-refractivity contribution < 1.29 is 13.9 Å². The van der Waals surface area contributed by atoms with Crippen molar-refractivity contribution in [2.24, 2.45) is 0 Å². The number of esters is 1. The largest absolute Gasteiger partial charge is 0.465 e. The van der Waals surface area contributed by atoms with Gasteiger partial charge in [-0.1, -0.05) is 0 Å². The normalized spacial score (nSPS) is 29.6. The molecule has 0 N–H and O–H groups in total. The maximum Gasteiger partial charge on any atom is 0.308 e. The first-order valence-corrected chi connectivity index (χ1v) is 2.59. The molecule has 1 fully saturated rings. The van der Waals surface area contributed by atoms with Crippen molar-refractivity contribution >= 4 is 5.97 Å². The average Bonchev–Trinajstić information content (AvgIpc) is 1.64. The van der Waals surface area contributed by atoms with Crippen LogP contribution in [0.2, 0.25) is 0 Å². The van der Waals surface area contributed by atoms with Crippen LogP contribution in [-0.4, -0.2) is 18.7 Å². The lowest BCUT2D eigenvalue weighted by molar-refractivity contribution is -0.149. The van der Waals surface area contributed by atoms with Gasteiger partial charge in [0, 0.05) is 6.42 Å². The fraction of sp³-hybridized carbons (Fsp3) is 0.800. The zero-order valence-electron chi connectivity index (χ0n) is 4.39. The fourth-order valence-corrected chi connectivity index (χ4v) is 0.642. The van der Waals surface area contributed by atoms with E-state index in [1.165, 1.54) is 0 Å². The number of hydrogen-bond acceptors (Lipinski definition) is 2. The van der Waals surface area contributed by atoms with Crippen molar-refractivity contribution in [2.45, 2.75) is 19.0 Å². The van der Waals surface area contributed by atoms with Gasteiger partial charge in [0.05, 0.1) is 13.0 Å². The van der Waals surface area contributed by atoms with E-state index in [4.69, 9.17) is 0 Å². The van der Waals surface area contributed by atoms with Crippen molar-refractivity contribution in [3.63, 3.8) is 0 Å². The van der Waals surface area contributed by atoms with Gasteiger partial charge in [-0.15, -0.1) is 0 Å². The molecule has 3 heteroatoms. The van der Waals surface area contributed by atoms with E-state index in [1.54, 1.807) is 0 Å². The molecule has 0 aromatic rings. The van der Waals surface area contributed by atoms with Gasteiger partial charge < -0.3 is 4.74 Å². The molecule has 0 saturated carbocycles. The molecule has 46 valence electrons. The summed E-state index contributed by atoms with van der Waals surface area (Å²) in [6.45, 7) is 0.250. The second-order valence-corrected chi connectivity index (χ2v) is 1.81. The minimum Gasteiger partial charge on any atom is -0.465 e. The maximum atomic E-state index is 12.1. The second kappa shape index (κ2) is 2.11. The standard InChI is InChI=1S/C5H7FO2/c6-4-1-2-8-5(7)3-4/h4H,1-3H2. The Morgan fingerprint density at radius 2 is 2.50 bits per heavy atom. The molecule has 1 aliphatic heterocycles. The molecule has 0 spiro atoms. The van der Waals surface area contributed by atoms with Crippen molar-refractivity contribution in [3.05, 3.63) is 0 Å². The van der Waals surface area contributed by atoms with Crippen LogP contribution in [0, 0.1) is 0 Å². The number of halogens is 1. The van der Waals surface area contributed by atoms with Gasteiger partial charge in [0.2, 0.25) is 0 Å². The van der Waals surface area contributed by atoms with Crippen molar-refractivity contribution in [3.8, 4) is 0 Å². The number of alkyl halides is 1. The third kappa shape index (κ3) is 1.18. The van der Waals surface area contributed by atoms with Gasteiger partial charge in [-0.05, 0) is 0 Å². The van der Waals surface area contributed by atoms with Gasteiger partial charge in [-0.2, -0.15) is 0 Å². The molecule has 1 heterocycles. The quantitative estimate of drug-likeness (QED) is 0.437. The SMILES string of the molecule is O=C1CC(F)CCO1. The van der Waals surface area contributed by atoms with Crippen LogP contribution in [0.1, 0.15) is 12.8 Å². The second-order valence-electron chi connectivity index (χ2n) is 1.81. The first-order chi connectivity index (χ1) is 3.79. The van der Waals surface area contributed by atoms with E-state index in [0.29, 0.717) is 6.42 Å². The number of rotatable bonds is 0. The molecule has 2 nitrogen and oxygen atoms in total. The molecule has 1 atom stereocenters. The Hall–Kier alpha value is -0.600. The highest BCUT2D eigenvalue weighted by molar-refractivity contribution is 5.70. The molecule has 0 aromatic carbocycles. The summed E-state index contributed by atoms with van der Waals surface area (Å²) in [5, 5.41) is 0. The fourth-order valence-electron chi connectivity index (χ4n) is 0.642. The van der Waals surface area contributed by atoms with Crippen LogP contribution in [0.4, 0.5) is 4.39 Å². The number of hydrogen-bond donors (Lipinski definition) is 0. The maximum absolute atomic E-state index is 12.1. The van der Waals surface area contributed by atoms with E-state index < -0.39 is 12.1 Å². The first-order valence-electron chi connectivity index (χ1n) is 2.59. The molecular weight excluding hydrogens is 111 g/mol. The van der Waals surface area contributed by atoms with Gasteiger partial charge in [-0.3, -0.25) is 4.79 Å². The minimum atomic E-state index is -0.962. The Kier molecular flexibility index (Phi) is 1.46. The summed E-state index contributed by atoms with van der Waals surface area (Å²) in [6.07, 6.45) is -0.651. The van der Waals surface area contributed by atoms with Crippen LogP contribution in [0.3, 0.4) is 0 Å². The Balaban J connectivity index is 2.34. The molecule has 0 bridgehead atoms. The van der Waals surface area contributed by atoms with Crippen LogP contribution < -0.4 is 0 Å². The van der Waals surface area contributed by atoms with Gasteiger partial charge in [0.25, 0.3) is 0 Å². The van der Waals surface area contributed by atoms with E-state index in [9.17, 15) is 9.18 Å². The van der Waals surface area contributed by atoms with E-state index in [0.717, 1.165) is 0 Å². The molecule has 0 aliphatic carbocycles. The van der Waals surface area contributed by atoms with Crippen LogP contribution >= 0.6 is 0 Å². The molecule has 0 amide bonds. The van der Waals surface area contributed by atoms with Crippen molar-refractivity contribution in [1.82, 2.24) is 0 Å². The number of carbonyl (C=O) groups is 1. The summed E-state index contributed by atoms with van der Waals surface area (Å²) >= 11 is 0. The zero-order valence-corrected chi connectivity index (χ0v) is 4.39. The van der Waals surface area contributed by atoms with E-state index in [2.05, 4.69) is 4.74 Å². The Morgan fingerprint density at radius 1 is 1.75 bits per heavy atom. The lowest BCUT2D eigenvalue weighted by Crippen LogP contribution is -2.21. The summed E-state index contributed by atoms with van der Waals surface area (Å²) < 4.78 is 16.6. The predicted molar refractivity (Wildman–Crippen MR) is 25.1 cm³/mol. The molecule has 1 rings (SSSR count). The van der Waals surface area contributed by atoms with Gasteiger partial charge in [-0.25, -0.2) is 4.39 Å². The number of ether oxygens (including phenoxy) is 1. The number of carbonyl (C=O) groups excluding carboxylic acids is 1. The highest BCUT2D eigenvalue weighted by Crippen LogP contribution is 2.10.